The van der Waals surface area contributed by atoms with Crippen LogP contribution in [-0.4, -0.2) is 27.0 Å². The zero-order valence-corrected chi connectivity index (χ0v) is 18.1. The molecule has 2 heterocycles. The predicted octanol–water partition coefficient (Wildman–Crippen LogP) is 3.80. The van der Waals surface area contributed by atoms with Gasteiger partial charge in [-0.1, -0.05) is 20.8 Å². The summed E-state index contributed by atoms with van der Waals surface area (Å²) in [6, 6.07) is 14.0. The van der Waals surface area contributed by atoms with Crippen LogP contribution in [0.15, 0.2) is 59.0 Å². The first-order valence-electron chi connectivity index (χ1n) is 10.1. The number of nitrogens with zero attached hydrogens (tertiary/aromatic N) is 3. The quantitative estimate of drug-likeness (QED) is 0.321. The van der Waals surface area contributed by atoms with Gasteiger partial charge in [0.15, 0.2) is 11.4 Å². The molecule has 9 nitrogen and oxygen atoms in total. The zero-order chi connectivity index (χ0) is 23.6. The highest BCUT2D eigenvalue weighted by molar-refractivity contribution is 6.39. The number of nitrogens with one attached hydrogen (secondary N) is 3. The zero-order valence-electron chi connectivity index (χ0n) is 18.1. The van der Waals surface area contributed by atoms with Crippen LogP contribution in [0.25, 0.3) is 22.6 Å². The molecule has 0 unspecified atom stereocenters. The molecule has 0 radical (unpaired) electrons. The number of hydrogen-bond acceptors (Lipinski definition) is 7. The van der Waals surface area contributed by atoms with Crippen molar-refractivity contribution < 1.29 is 18.4 Å². The first-order valence-corrected chi connectivity index (χ1v) is 10.1. The van der Waals surface area contributed by atoms with Crippen molar-refractivity contribution >= 4 is 34.4 Å². The number of benzene rings is 2. The Kier molecular flexibility index (Phi) is 5.74. The van der Waals surface area contributed by atoms with Gasteiger partial charge >= 0.3 is 11.8 Å². The highest BCUT2D eigenvalue weighted by Gasteiger charge is 2.17. The van der Waals surface area contributed by atoms with Gasteiger partial charge in [0.05, 0.1) is 5.69 Å². The minimum Gasteiger partial charge on any atom is -0.436 e. The largest absolute Gasteiger partial charge is 0.436 e. The summed E-state index contributed by atoms with van der Waals surface area (Å²) in [5.74, 6) is -1.56. The molecule has 2 amide bonds. The van der Waals surface area contributed by atoms with E-state index in [1.54, 1.807) is 42.5 Å². The molecule has 0 aliphatic rings. The van der Waals surface area contributed by atoms with Crippen LogP contribution in [0.2, 0.25) is 0 Å². The van der Waals surface area contributed by atoms with Gasteiger partial charge in [-0.15, -0.1) is 5.10 Å². The maximum absolute atomic E-state index is 13.1. The van der Waals surface area contributed by atoms with E-state index < -0.39 is 11.8 Å². The number of fused-ring (bicyclic) bond motifs is 1. The number of anilines is 2. The number of amides is 2. The lowest BCUT2D eigenvalue weighted by molar-refractivity contribution is -0.135. The number of hydrazine groups is 1. The highest BCUT2D eigenvalue weighted by atomic mass is 19.1. The number of rotatable bonds is 4. The van der Waals surface area contributed by atoms with Gasteiger partial charge in [-0.05, 0) is 48.5 Å². The Morgan fingerprint density at radius 1 is 0.939 bits per heavy atom. The van der Waals surface area contributed by atoms with Crippen molar-refractivity contribution in [2.75, 3.05) is 10.7 Å². The van der Waals surface area contributed by atoms with Gasteiger partial charge in [0.2, 0.25) is 5.89 Å². The van der Waals surface area contributed by atoms with Gasteiger partial charge in [-0.3, -0.25) is 20.4 Å². The summed E-state index contributed by atoms with van der Waals surface area (Å²) in [7, 11) is 0. The van der Waals surface area contributed by atoms with E-state index in [0.717, 1.165) is 5.69 Å². The second kappa shape index (κ2) is 8.65. The molecule has 4 aromatic rings. The van der Waals surface area contributed by atoms with Crippen LogP contribution in [0.1, 0.15) is 26.5 Å². The smallest absolute Gasteiger partial charge is 0.328 e. The first-order chi connectivity index (χ1) is 15.7. The number of aromatic nitrogens is 3. The normalized spacial score (nSPS) is 11.3. The van der Waals surface area contributed by atoms with Crippen LogP contribution in [0.4, 0.5) is 15.9 Å². The molecule has 168 valence electrons. The molecular weight excluding hydrogens is 427 g/mol. The van der Waals surface area contributed by atoms with E-state index in [2.05, 4.69) is 31.3 Å². The van der Waals surface area contributed by atoms with Gasteiger partial charge < -0.3 is 9.73 Å². The van der Waals surface area contributed by atoms with Gasteiger partial charge in [0.1, 0.15) is 11.3 Å². The Bertz CT molecular complexity index is 1310. The summed E-state index contributed by atoms with van der Waals surface area (Å²) >= 11 is 0. The van der Waals surface area contributed by atoms with E-state index >= 15 is 0 Å². The fraction of sp³-hybridized carbons (Fsp3) is 0.174. The topological polar surface area (TPSA) is 122 Å². The molecule has 0 aliphatic carbocycles. The molecule has 3 N–H and O–H groups in total. The minimum atomic E-state index is -0.915. The standard InChI is InChI=1S/C23H21FN6O3/c1-23(2,3)18-10-11-19(28-27-18)29-30-21(32)20(31)25-15-8-9-16-17(12-15)33-22(26-16)13-4-6-14(24)7-5-13/h4-12H,1-3H3,(H,25,31)(H,28,29)(H,30,32). The highest BCUT2D eigenvalue weighted by Crippen LogP contribution is 2.26. The van der Waals surface area contributed by atoms with E-state index in [9.17, 15) is 14.0 Å². The van der Waals surface area contributed by atoms with Crippen LogP contribution < -0.4 is 16.2 Å². The van der Waals surface area contributed by atoms with Crippen molar-refractivity contribution in [2.24, 2.45) is 0 Å². The van der Waals surface area contributed by atoms with Crippen LogP contribution >= 0.6 is 0 Å². The second-order valence-electron chi connectivity index (χ2n) is 8.30. The molecule has 2 aromatic heterocycles. The Hall–Kier alpha value is -4.34. The molecule has 0 bridgehead atoms. The summed E-state index contributed by atoms with van der Waals surface area (Å²) in [4.78, 5) is 28.7. The van der Waals surface area contributed by atoms with Gasteiger partial charge in [0, 0.05) is 22.7 Å². The van der Waals surface area contributed by atoms with Crippen molar-refractivity contribution in [3.63, 3.8) is 0 Å². The Labute approximate surface area is 188 Å². The van der Waals surface area contributed by atoms with Crippen molar-refractivity contribution in [3.8, 4) is 11.5 Å². The minimum absolute atomic E-state index is 0.154. The van der Waals surface area contributed by atoms with E-state index in [4.69, 9.17) is 4.42 Å². The van der Waals surface area contributed by atoms with E-state index in [-0.39, 0.29) is 11.2 Å². The first kappa shape index (κ1) is 21.9. The molecule has 4 rings (SSSR count). The van der Waals surface area contributed by atoms with Crippen molar-refractivity contribution in [3.05, 3.63) is 66.1 Å². The summed E-state index contributed by atoms with van der Waals surface area (Å²) in [5.41, 5.74) is 7.38. The molecule has 0 aliphatic heterocycles. The number of carbonyl (C=O) groups is 2. The molecule has 2 aromatic carbocycles. The third-order valence-corrected chi connectivity index (χ3v) is 4.68. The summed E-state index contributed by atoms with van der Waals surface area (Å²) in [6.07, 6.45) is 0. The van der Waals surface area contributed by atoms with Crippen molar-refractivity contribution in [2.45, 2.75) is 26.2 Å². The molecule has 0 saturated carbocycles. The molecular formula is C23H21FN6O3. The second-order valence-corrected chi connectivity index (χ2v) is 8.30. The van der Waals surface area contributed by atoms with Crippen LogP contribution in [-0.2, 0) is 15.0 Å². The van der Waals surface area contributed by atoms with Crippen LogP contribution in [0, 0.1) is 5.82 Å². The van der Waals surface area contributed by atoms with Crippen molar-refractivity contribution in [1.82, 2.24) is 20.6 Å². The van der Waals surface area contributed by atoms with Gasteiger partial charge in [-0.2, -0.15) is 5.10 Å². The lowest BCUT2D eigenvalue weighted by Gasteiger charge is -2.16. The van der Waals surface area contributed by atoms with Gasteiger partial charge in [0.25, 0.3) is 0 Å². The lowest BCUT2D eigenvalue weighted by atomic mass is 9.92. The van der Waals surface area contributed by atoms with E-state index in [1.807, 2.05) is 20.8 Å². The maximum atomic E-state index is 13.1. The molecule has 0 saturated heterocycles. The fourth-order valence-corrected chi connectivity index (χ4v) is 2.88. The average molecular weight is 448 g/mol. The lowest BCUT2D eigenvalue weighted by Crippen LogP contribution is -2.39. The third-order valence-electron chi connectivity index (χ3n) is 4.68. The monoisotopic (exact) mass is 448 g/mol. The van der Waals surface area contributed by atoms with E-state index in [0.29, 0.717) is 34.1 Å². The number of halogens is 1. The fourth-order valence-electron chi connectivity index (χ4n) is 2.88. The maximum Gasteiger partial charge on any atom is 0.328 e. The van der Waals surface area contributed by atoms with Gasteiger partial charge in [-0.25, -0.2) is 9.37 Å². The predicted molar refractivity (Wildman–Crippen MR) is 121 cm³/mol. The Morgan fingerprint density at radius 3 is 2.36 bits per heavy atom. The van der Waals surface area contributed by atoms with Crippen molar-refractivity contribution in [1.29, 1.82) is 0 Å². The Morgan fingerprint density at radius 2 is 1.70 bits per heavy atom. The number of oxazole rings is 1. The van der Waals surface area contributed by atoms with Crippen LogP contribution in [0.5, 0.6) is 0 Å². The Balaban J connectivity index is 1.38. The SMILES string of the molecule is CC(C)(C)c1ccc(NNC(=O)C(=O)Nc2ccc3nc(-c4ccc(F)cc4)oc3c2)nn1. The average Bonchev–Trinajstić information content (AvgIpc) is 3.21. The molecule has 10 heteroatoms. The molecule has 33 heavy (non-hydrogen) atoms. The number of hydrogen-bond donors (Lipinski definition) is 3. The molecule has 0 atom stereocenters. The van der Waals surface area contributed by atoms with Crippen LogP contribution in [0.3, 0.4) is 0 Å². The number of carbonyl (C=O) groups excluding carboxylic acids is 2. The van der Waals surface area contributed by atoms with E-state index in [1.165, 1.54) is 12.1 Å². The molecule has 0 spiro atoms. The third kappa shape index (κ3) is 5.12. The summed E-state index contributed by atoms with van der Waals surface area (Å²) in [5, 5.41) is 10.6. The summed E-state index contributed by atoms with van der Waals surface area (Å²) in [6.45, 7) is 6.03. The molecule has 0 fully saturated rings. The summed E-state index contributed by atoms with van der Waals surface area (Å²) < 4.78 is 18.8.